The van der Waals surface area contributed by atoms with Crippen LogP contribution in [0, 0.1) is 5.82 Å². The van der Waals surface area contributed by atoms with Gasteiger partial charge in [-0.05, 0) is 20.8 Å². The Morgan fingerprint density at radius 1 is 1.44 bits per heavy atom. The number of aliphatic hydroxyl groups is 1. The molecule has 0 radical (unpaired) electrons. The summed E-state index contributed by atoms with van der Waals surface area (Å²) in [6.45, 7) is 6.45. The number of carbonyl (C=O) groups excluding carboxylic acids is 1. The molecule has 9 heteroatoms. The molecule has 1 N–H and O–H groups in total. The Morgan fingerprint density at radius 3 is 2.72 bits per heavy atom. The van der Waals surface area contributed by atoms with Gasteiger partial charge in [-0.1, -0.05) is 23.2 Å². The minimum absolute atomic E-state index is 0.0353. The van der Waals surface area contributed by atoms with E-state index in [4.69, 9.17) is 27.9 Å². The van der Waals surface area contributed by atoms with Gasteiger partial charge in [0.2, 0.25) is 0 Å². The van der Waals surface area contributed by atoms with E-state index in [0.717, 1.165) is 6.20 Å². The van der Waals surface area contributed by atoms with Crippen LogP contribution in [-0.2, 0) is 11.3 Å². The van der Waals surface area contributed by atoms with Crippen molar-refractivity contribution < 1.29 is 19.0 Å². The van der Waals surface area contributed by atoms with Crippen LogP contribution in [0.3, 0.4) is 0 Å². The van der Waals surface area contributed by atoms with E-state index in [0.29, 0.717) is 13.1 Å². The summed E-state index contributed by atoms with van der Waals surface area (Å²) in [7, 11) is 0. The van der Waals surface area contributed by atoms with Crippen molar-refractivity contribution in [1.29, 1.82) is 0 Å². The summed E-state index contributed by atoms with van der Waals surface area (Å²) in [5.74, 6) is -0.618. The number of amides is 1. The molecule has 1 aromatic heterocycles. The number of pyridine rings is 1. The van der Waals surface area contributed by atoms with Gasteiger partial charge in [-0.15, -0.1) is 0 Å². The molecule has 1 aliphatic heterocycles. The molecule has 0 aliphatic carbocycles. The molecule has 1 amide bonds. The number of piperazine rings is 1. The maximum atomic E-state index is 14.2. The zero-order valence-corrected chi connectivity index (χ0v) is 15.9. The van der Waals surface area contributed by atoms with Crippen LogP contribution in [0.1, 0.15) is 26.3 Å². The van der Waals surface area contributed by atoms with Crippen molar-refractivity contribution in [2.24, 2.45) is 0 Å². The highest BCUT2D eigenvalue weighted by Crippen LogP contribution is 2.26. The summed E-state index contributed by atoms with van der Waals surface area (Å²) < 4.78 is 19.6. The fraction of sp³-hybridized carbons (Fsp3) is 0.625. The zero-order chi connectivity index (χ0) is 18.8. The van der Waals surface area contributed by atoms with Gasteiger partial charge in [0.05, 0.1) is 23.9 Å². The lowest BCUT2D eigenvalue weighted by Crippen LogP contribution is -2.56. The topological polar surface area (TPSA) is 65.9 Å². The van der Waals surface area contributed by atoms with E-state index in [1.807, 2.05) is 4.90 Å². The SMILES string of the molecule is CC(C)(C)OC(=O)N1CCN(Cc2c(Cl)ncc(Cl)c2F)[C@@H](CO)C1. The fourth-order valence-electron chi connectivity index (χ4n) is 2.59. The molecule has 6 nitrogen and oxygen atoms in total. The van der Waals surface area contributed by atoms with E-state index >= 15 is 0 Å². The minimum Gasteiger partial charge on any atom is -0.444 e. The van der Waals surface area contributed by atoms with Crippen LogP contribution >= 0.6 is 23.2 Å². The summed E-state index contributed by atoms with van der Waals surface area (Å²) in [6, 6.07) is -0.365. The first-order valence-corrected chi connectivity index (χ1v) is 8.69. The maximum absolute atomic E-state index is 14.2. The summed E-state index contributed by atoms with van der Waals surface area (Å²) in [4.78, 5) is 19.4. The highest BCUT2D eigenvalue weighted by molar-refractivity contribution is 6.32. The summed E-state index contributed by atoms with van der Waals surface area (Å²) in [5.41, 5.74) is -0.412. The highest BCUT2D eigenvalue weighted by Gasteiger charge is 2.32. The van der Waals surface area contributed by atoms with Crippen molar-refractivity contribution >= 4 is 29.3 Å². The number of rotatable bonds is 3. The van der Waals surface area contributed by atoms with Gasteiger partial charge in [0.15, 0.2) is 5.82 Å². The van der Waals surface area contributed by atoms with Crippen LogP contribution in [0.4, 0.5) is 9.18 Å². The van der Waals surface area contributed by atoms with Crippen molar-refractivity contribution in [3.63, 3.8) is 0 Å². The monoisotopic (exact) mass is 393 g/mol. The lowest BCUT2D eigenvalue weighted by atomic mass is 10.1. The second-order valence-corrected chi connectivity index (χ2v) is 7.69. The molecule has 0 unspecified atom stereocenters. The Labute approximate surface area is 156 Å². The van der Waals surface area contributed by atoms with Crippen LogP contribution < -0.4 is 0 Å². The molecule has 0 spiro atoms. The predicted molar refractivity (Wildman–Crippen MR) is 93.3 cm³/mol. The number of ether oxygens (including phenoxy) is 1. The van der Waals surface area contributed by atoms with Crippen molar-refractivity contribution in [3.05, 3.63) is 27.8 Å². The predicted octanol–water partition coefficient (Wildman–Crippen LogP) is 2.94. The van der Waals surface area contributed by atoms with E-state index in [9.17, 15) is 14.3 Å². The van der Waals surface area contributed by atoms with Crippen LogP contribution in [0.15, 0.2) is 6.20 Å². The molecule has 1 fully saturated rings. The van der Waals surface area contributed by atoms with Crippen LogP contribution in [0.2, 0.25) is 10.2 Å². The van der Waals surface area contributed by atoms with Crippen molar-refractivity contribution in [2.45, 2.75) is 39.0 Å². The molecule has 2 rings (SSSR count). The minimum atomic E-state index is -0.618. The quantitative estimate of drug-likeness (QED) is 0.799. The molecule has 1 aliphatic rings. The lowest BCUT2D eigenvalue weighted by Gasteiger charge is -2.41. The number of aliphatic hydroxyl groups excluding tert-OH is 1. The third-order valence-corrected chi connectivity index (χ3v) is 4.43. The van der Waals surface area contributed by atoms with Crippen LogP contribution in [-0.4, -0.2) is 63.9 Å². The highest BCUT2D eigenvalue weighted by atomic mass is 35.5. The van der Waals surface area contributed by atoms with E-state index in [1.54, 1.807) is 20.8 Å². The van der Waals surface area contributed by atoms with Gasteiger partial charge < -0.3 is 14.7 Å². The zero-order valence-electron chi connectivity index (χ0n) is 14.4. The Kier molecular flexibility index (Phi) is 6.48. The third kappa shape index (κ3) is 5.17. The standard InChI is InChI=1S/C16H22Cl2FN3O3/c1-16(2,3)25-15(24)22-5-4-21(10(7-22)9-23)8-11-13(19)12(17)6-20-14(11)18/h6,10,23H,4-5,7-9H2,1-3H3/t10-/m1/s1. The van der Waals surface area contributed by atoms with Gasteiger partial charge in [-0.3, -0.25) is 4.90 Å². The molecule has 140 valence electrons. The van der Waals surface area contributed by atoms with Crippen molar-refractivity contribution in [1.82, 2.24) is 14.8 Å². The van der Waals surface area contributed by atoms with Gasteiger partial charge in [0, 0.05) is 31.7 Å². The first-order valence-electron chi connectivity index (χ1n) is 7.93. The molecule has 1 atom stereocenters. The van der Waals surface area contributed by atoms with Gasteiger partial charge in [0.25, 0.3) is 0 Å². The van der Waals surface area contributed by atoms with E-state index in [2.05, 4.69) is 4.98 Å². The Bertz CT molecular complexity index is 640. The molecule has 0 bridgehead atoms. The first kappa shape index (κ1) is 20.2. The molecular weight excluding hydrogens is 372 g/mol. The molecule has 1 aromatic rings. The fourth-order valence-corrected chi connectivity index (χ4v) is 2.94. The molecule has 1 saturated heterocycles. The number of aromatic nitrogens is 1. The average molecular weight is 394 g/mol. The van der Waals surface area contributed by atoms with Crippen LogP contribution in [0.5, 0.6) is 0 Å². The summed E-state index contributed by atoms with van der Waals surface area (Å²) >= 11 is 11.7. The first-order chi connectivity index (χ1) is 11.6. The van der Waals surface area contributed by atoms with Gasteiger partial charge >= 0.3 is 6.09 Å². The second kappa shape index (κ2) is 8.03. The second-order valence-electron chi connectivity index (χ2n) is 6.92. The van der Waals surface area contributed by atoms with Gasteiger partial charge in [-0.25, -0.2) is 14.2 Å². The number of hydrogen-bond acceptors (Lipinski definition) is 5. The maximum Gasteiger partial charge on any atom is 0.410 e. The van der Waals surface area contributed by atoms with Crippen molar-refractivity contribution in [2.75, 3.05) is 26.2 Å². The largest absolute Gasteiger partial charge is 0.444 e. The summed E-state index contributed by atoms with van der Waals surface area (Å²) in [5, 5.41) is 9.61. The van der Waals surface area contributed by atoms with Crippen LogP contribution in [0.25, 0.3) is 0 Å². The number of nitrogens with zero attached hydrogens (tertiary/aromatic N) is 3. The van der Waals surface area contributed by atoms with E-state index in [1.165, 1.54) is 4.90 Å². The number of halogens is 3. The molecule has 0 saturated carbocycles. The Hall–Kier alpha value is -1.15. The van der Waals surface area contributed by atoms with E-state index in [-0.39, 0.29) is 41.5 Å². The Balaban J connectivity index is 2.08. The average Bonchev–Trinajstić information content (AvgIpc) is 2.53. The lowest BCUT2D eigenvalue weighted by molar-refractivity contribution is -0.00634. The third-order valence-electron chi connectivity index (χ3n) is 3.84. The van der Waals surface area contributed by atoms with Crippen molar-refractivity contribution in [3.8, 4) is 0 Å². The van der Waals surface area contributed by atoms with Gasteiger partial charge in [-0.2, -0.15) is 0 Å². The molecule has 0 aromatic carbocycles. The Morgan fingerprint density at radius 2 is 2.12 bits per heavy atom. The molecular formula is C16H22Cl2FN3O3. The normalized spacial score (nSPS) is 19.2. The molecule has 25 heavy (non-hydrogen) atoms. The number of carbonyl (C=O) groups is 1. The summed E-state index contributed by atoms with van der Waals surface area (Å²) in [6.07, 6.45) is 0.728. The molecule has 2 heterocycles. The van der Waals surface area contributed by atoms with Gasteiger partial charge in [0.1, 0.15) is 10.8 Å². The number of hydrogen-bond donors (Lipinski definition) is 1. The smallest absolute Gasteiger partial charge is 0.410 e. The van der Waals surface area contributed by atoms with E-state index < -0.39 is 17.5 Å².